The first-order chi connectivity index (χ1) is 10.3. The Balaban J connectivity index is 2.30. The number of hydrogen-bond acceptors (Lipinski definition) is 5. The summed E-state index contributed by atoms with van der Waals surface area (Å²) < 4.78 is 4.86. The highest BCUT2D eigenvalue weighted by molar-refractivity contribution is 6.08. The van der Waals surface area contributed by atoms with Crippen LogP contribution in [0.15, 0.2) is 18.2 Å². The maximum Gasteiger partial charge on any atom is 0.307 e. The van der Waals surface area contributed by atoms with E-state index in [-0.39, 0.29) is 30.5 Å². The summed E-state index contributed by atoms with van der Waals surface area (Å²) in [5.41, 5.74) is 0.322. The van der Waals surface area contributed by atoms with Gasteiger partial charge in [0.25, 0.3) is 5.69 Å². The minimum atomic E-state index is -0.851. The van der Waals surface area contributed by atoms with Crippen LogP contribution in [0.3, 0.4) is 0 Å². The van der Waals surface area contributed by atoms with Gasteiger partial charge in [0.2, 0.25) is 5.91 Å². The average molecular weight is 306 g/mol. The van der Waals surface area contributed by atoms with Crippen LogP contribution in [0, 0.1) is 10.1 Å². The lowest BCUT2D eigenvalue weighted by Gasteiger charge is -2.19. The van der Waals surface area contributed by atoms with E-state index in [2.05, 4.69) is 0 Å². The molecule has 0 atom stereocenters. The number of anilines is 1. The van der Waals surface area contributed by atoms with Crippen molar-refractivity contribution in [2.24, 2.45) is 0 Å². The second-order valence-electron chi connectivity index (χ2n) is 5.60. The fraction of sp³-hybridized carbons (Fsp3) is 0.467. The molecule has 0 saturated heterocycles. The molecule has 1 amide bonds. The average Bonchev–Trinajstić information content (AvgIpc) is 2.65. The van der Waals surface area contributed by atoms with E-state index in [0.29, 0.717) is 17.9 Å². The third-order valence-corrected chi connectivity index (χ3v) is 3.78. The van der Waals surface area contributed by atoms with Gasteiger partial charge in [0.05, 0.1) is 23.4 Å². The first kappa shape index (κ1) is 15.9. The number of hydrogen-bond donors (Lipinski definition) is 0. The first-order valence-corrected chi connectivity index (χ1v) is 7.05. The van der Waals surface area contributed by atoms with Crippen molar-refractivity contribution in [3.63, 3.8) is 0 Å². The van der Waals surface area contributed by atoms with Crippen LogP contribution in [0.2, 0.25) is 0 Å². The third-order valence-electron chi connectivity index (χ3n) is 3.78. The lowest BCUT2D eigenvalue weighted by atomic mass is 9.86. The summed E-state index contributed by atoms with van der Waals surface area (Å²) in [5.74, 6) is -0.546. The highest BCUT2D eigenvalue weighted by Gasteiger charge is 2.44. The van der Waals surface area contributed by atoms with E-state index in [4.69, 9.17) is 4.74 Å². The second kappa shape index (κ2) is 5.75. The SMILES string of the molecule is CCOC(=O)CCN1C(=O)C(C)(C)c2cc([N+](=O)[O-])ccc21. The van der Waals surface area contributed by atoms with E-state index < -0.39 is 10.3 Å². The van der Waals surface area contributed by atoms with Gasteiger partial charge in [0.1, 0.15) is 0 Å². The number of carbonyl (C=O) groups is 2. The number of nitro groups is 1. The Bertz CT molecular complexity index is 639. The van der Waals surface area contributed by atoms with Crippen molar-refractivity contribution in [1.82, 2.24) is 0 Å². The van der Waals surface area contributed by atoms with Crippen LogP contribution in [0.25, 0.3) is 0 Å². The maximum atomic E-state index is 12.5. The fourth-order valence-corrected chi connectivity index (χ4v) is 2.59. The van der Waals surface area contributed by atoms with Crippen molar-refractivity contribution < 1.29 is 19.2 Å². The van der Waals surface area contributed by atoms with Crippen molar-refractivity contribution in [2.75, 3.05) is 18.1 Å². The number of ether oxygens (including phenoxy) is 1. The zero-order valence-electron chi connectivity index (χ0n) is 12.8. The molecule has 0 unspecified atom stereocenters. The summed E-state index contributed by atoms with van der Waals surface area (Å²) in [6.45, 7) is 5.66. The zero-order chi connectivity index (χ0) is 16.5. The number of nitrogens with zero attached hydrogens (tertiary/aromatic N) is 2. The molecule has 7 nitrogen and oxygen atoms in total. The molecule has 0 fully saturated rings. The van der Waals surface area contributed by atoms with Crippen LogP contribution in [0.4, 0.5) is 11.4 Å². The quantitative estimate of drug-likeness (QED) is 0.472. The Hall–Kier alpha value is -2.44. The molecule has 1 aromatic carbocycles. The number of non-ortho nitro benzene ring substituents is 1. The molecule has 22 heavy (non-hydrogen) atoms. The molecule has 1 aliphatic heterocycles. The van der Waals surface area contributed by atoms with Gasteiger partial charge in [-0.2, -0.15) is 0 Å². The molecule has 0 radical (unpaired) electrons. The molecular formula is C15H18N2O5. The number of esters is 1. The Labute approximate surface area is 128 Å². The van der Waals surface area contributed by atoms with E-state index in [9.17, 15) is 19.7 Å². The van der Waals surface area contributed by atoms with Gasteiger partial charge in [-0.15, -0.1) is 0 Å². The molecule has 1 aliphatic rings. The lowest BCUT2D eigenvalue weighted by Crippen LogP contribution is -2.37. The minimum Gasteiger partial charge on any atom is -0.466 e. The second-order valence-corrected chi connectivity index (χ2v) is 5.60. The van der Waals surface area contributed by atoms with Crippen molar-refractivity contribution in [3.8, 4) is 0 Å². The van der Waals surface area contributed by atoms with E-state index in [1.807, 2.05) is 0 Å². The monoisotopic (exact) mass is 306 g/mol. The van der Waals surface area contributed by atoms with Gasteiger partial charge in [-0.25, -0.2) is 0 Å². The number of amides is 1. The molecule has 0 N–H and O–H groups in total. The van der Waals surface area contributed by atoms with Crippen molar-refractivity contribution in [3.05, 3.63) is 33.9 Å². The number of benzene rings is 1. The van der Waals surface area contributed by atoms with Crippen LogP contribution in [-0.2, 0) is 19.7 Å². The van der Waals surface area contributed by atoms with E-state index in [1.165, 1.54) is 17.0 Å². The topological polar surface area (TPSA) is 89.8 Å². The summed E-state index contributed by atoms with van der Waals surface area (Å²) in [6, 6.07) is 4.35. The van der Waals surface area contributed by atoms with Crippen LogP contribution in [0.5, 0.6) is 0 Å². The fourth-order valence-electron chi connectivity index (χ4n) is 2.59. The smallest absolute Gasteiger partial charge is 0.307 e. The Morgan fingerprint density at radius 2 is 2.09 bits per heavy atom. The maximum absolute atomic E-state index is 12.5. The summed E-state index contributed by atoms with van der Waals surface area (Å²) in [4.78, 5) is 35.9. The predicted molar refractivity (Wildman–Crippen MR) is 79.7 cm³/mol. The predicted octanol–water partition coefficient (Wildman–Crippen LogP) is 2.17. The lowest BCUT2D eigenvalue weighted by molar-refractivity contribution is -0.384. The summed E-state index contributed by atoms with van der Waals surface area (Å²) in [7, 11) is 0. The molecule has 0 aromatic heterocycles. The Morgan fingerprint density at radius 3 is 2.68 bits per heavy atom. The summed E-state index contributed by atoms with van der Waals surface area (Å²) in [5, 5.41) is 10.9. The molecule has 118 valence electrons. The Morgan fingerprint density at radius 1 is 1.41 bits per heavy atom. The van der Waals surface area contributed by atoms with Gasteiger partial charge >= 0.3 is 5.97 Å². The molecule has 1 heterocycles. The number of nitro benzene ring substituents is 1. The summed E-state index contributed by atoms with van der Waals surface area (Å²) in [6.07, 6.45) is 0.0894. The van der Waals surface area contributed by atoms with Gasteiger partial charge < -0.3 is 9.64 Å². The zero-order valence-corrected chi connectivity index (χ0v) is 12.8. The summed E-state index contributed by atoms with van der Waals surface area (Å²) >= 11 is 0. The normalized spacial score (nSPS) is 15.6. The van der Waals surface area contributed by atoms with E-state index in [1.54, 1.807) is 26.8 Å². The van der Waals surface area contributed by atoms with E-state index in [0.717, 1.165) is 0 Å². The third kappa shape index (κ3) is 2.66. The largest absolute Gasteiger partial charge is 0.466 e. The van der Waals surface area contributed by atoms with Crippen molar-refractivity contribution in [2.45, 2.75) is 32.6 Å². The molecule has 7 heteroatoms. The standard InChI is InChI=1S/C15H18N2O5/c1-4-22-13(18)7-8-16-12-6-5-10(17(20)21)9-11(12)15(2,3)14(16)19/h5-6,9H,4,7-8H2,1-3H3. The van der Waals surface area contributed by atoms with Gasteiger partial charge in [-0.1, -0.05) is 0 Å². The van der Waals surface area contributed by atoms with Crippen LogP contribution >= 0.6 is 0 Å². The van der Waals surface area contributed by atoms with Gasteiger partial charge in [-0.3, -0.25) is 19.7 Å². The molecule has 2 rings (SSSR count). The highest BCUT2D eigenvalue weighted by Crippen LogP contribution is 2.43. The van der Waals surface area contributed by atoms with Gasteiger partial charge in [0, 0.05) is 24.4 Å². The van der Waals surface area contributed by atoms with Crippen LogP contribution in [-0.4, -0.2) is 30.0 Å². The number of fused-ring (bicyclic) bond motifs is 1. The highest BCUT2D eigenvalue weighted by atomic mass is 16.6. The molecular weight excluding hydrogens is 288 g/mol. The number of carbonyl (C=O) groups excluding carboxylic acids is 2. The van der Waals surface area contributed by atoms with Crippen LogP contribution < -0.4 is 4.90 Å². The van der Waals surface area contributed by atoms with Gasteiger partial charge in [-0.05, 0) is 32.4 Å². The minimum absolute atomic E-state index is 0.0492. The van der Waals surface area contributed by atoms with Crippen LogP contribution in [0.1, 0.15) is 32.8 Å². The molecule has 0 bridgehead atoms. The van der Waals surface area contributed by atoms with Gasteiger partial charge in [0.15, 0.2) is 0 Å². The Kier molecular flexibility index (Phi) is 4.16. The molecule has 0 saturated carbocycles. The van der Waals surface area contributed by atoms with Crippen molar-refractivity contribution in [1.29, 1.82) is 0 Å². The molecule has 1 aromatic rings. The van der Waals surface area contributed by atoms with E-state index >= 15 is 0 Å². The molecule has 0 spiro atoms. The first-order valence-electron chi connectivity index (χ1n) is 7.05. The molecule has 0 aliphatic carbocycles. The van der Waals surface area contributed by atoms with Crippen molar-refractivity contribution >= 4 is 23.3 Å². The number of rotatable bonds is 5.